The van der Waals surface area contributed by atoms with Crippen molar-refractivity contribution >= 4 is 5.91 Å². The van der Waals surface area contributed by atoms with E-state index in [0.29, 0.717) is 32.2 Å². The molecule has 0 aromatic heterocycles. The van der Waals surface area contributed by atoms with Crippen LogP contribution in [0.15, 0.2) is 24.3 Å². The molecule has 6 nitrogen and oxygen atoms in total. The van der Waals surface area contributed by atoms with E-state index >= 15 is 0 Å². The summed E-state index contributed by atoms with van der Waals surface area (Å²) in [6.07, 6.45) is 0. The number of hydrogen-bond acceptors (Lipinski definition) is 5. The zero-order valence-electron chi connectivity index (χ0n) is 13.5. The molecule has 23 heavy (non-hydrogen) atoms. The van der Waals surface area contributed by atoms with Gasteiger partial charge in [0.25, 0.3) is 0 Å². The van der Waals surface area contributed by atoms with E-state index in [1.165, 1.54) is 0 Å². The number of carbonyl (C=O) groups excluding carboxylic acids is 1. The van der Waals surface area contributed by atoms with Gasteiger partial charge >= 0.3 is 0 Å². The van der Waals surface area contributed by atoms with E-state index in [1.807, 2.05) is 24.3 Å². The third-order valence-electron chi connectivity index (χ3n) is 4.94. The van der Waals surface area contributed by atoms with Crippen molar-refractivity contribution in [2.75, 3.05) is 46.6 Å². The molecule has 2 saturated heterocycles. The number of hydrogen-bond donors (Lipinski definition) is 2. The molecule has 2 fully saturated rings. The monoisotopic (exact) mass is 320 g/mol. The first-order valence-corrected chi connectivity index (χ1v) is 7.96. The lowest BCUT2D eigenvalue weighted by Gasteiger charge is -2.24. The lowest BCUT2D eigenvalue weighted by molar-refractivity contribution is -0.122. The molecule has 1 aromatic carbocycles. The second kappa shape index (κ2) is 6.86. The first-order chi connectivity index (χ1) is 11.2. The molecule has 1 aromatic rings. The van der Waals surface area contributed by atoms with Crippen LogP contribution in [0.4, 0.5) is 0 Å². The maximum Gasteiger partial charge on any atom is 0.234 e. The highest BCUT2D eigenvalue weighted by atomic mass is 16.5. The molecule has 0 bridgehead atoms. The number of likely N-dealkylation sites (tertiary alicyclic amines) is 1. The number of amides is 1. The van der Waals surface area contributed by atoms with Gasteiger partial charge in [0.2, 0.25) is 5.91 Å². The Morgan fingerprint density at radius 2 is 2.35 bits per heavy atom. The van der Waals surface area contributed by atoms with Crippen LogP contribution in [0.5, 0.6) is 5.75 Å². The van der Waals surface area contributed by atoms with Gasteiger partial charge in [-0.25, -0.2) is 0 Å². The summed E-state index contributed by atoms with van der Waals surface area (Å²) in [5.74, 6) is 1.10. The molecule has 0 saturated carbocycles. The molecule has 0 aliphatic carbocycles. The number of benzene rings is 1. The van der Waals surface area contributed by atoms with Crippen molar-refractivity contribution in [1.82, 2.24) is 10.2 Å². The maximum atomic E-state index is 12.2. The number of nitrogens with one attached hydrogen (secondary N) is 1. The van der Waals surface area contributed by atoms with Crippen LogP contribution in [0.3, 0.4) is 0 Å². The molecule has 0 radical (unpaired) electrons. The van der Waals surface area contributed by atoms with Crippen LogP contribution in [0.1, 0.15) is 5.56 Å². The number of aliphatic hydroxyl groups excluding tert-OH is 1. The van der Waals surface area contributed by atoms with Gasteiger partial charge in [0.15, 0.2) is 0 Å². The van der Waals surface area contributed by atoms with Crippen molar-refractivity contribution < 1.29 is 19.4 Å². The SMILES string of the molecule is COc1ccccc1CNC(=O)CN1C[C@H]2COC[C@@]2(CO)C1. The largest absolute Gasteiger partial charge is 0.496 e. The molecule has 3 rings (SSSR count). The van der Waals surface area contributed by atoms with E-state index in [4.69, 9.17) is 9.47 Å². The topological polar surface area (TPSA) is 71.0 Å². The zero-order chi connectivity index (χ0) is 16.3. The van der Waals surface area contributed by atoms with Crippen LogP contribution < -0.4 is 10.1 Å². The summed E-state index contributed by atoms with van der Waals surface area (Å²) in [4.78, 5) is 14.3. The third kappa shape index (κ3) is 3.34. The van der Waals surface area contributed by atoms with E-state index in [-0.39, 0.29) is 17.9 Å². The normalized spacial score (nSPS) is 27.0. The van der Waals surface area contributed by atoms with Crippen LogP contribution >= 0.6 is 0 Å². The molecule has 2 aliphatic rings. The smallest absolute Gasteiger partial charge is 0.234 e. The first-order valence-electron chi connectivity index (χ1n) is 7.96. The van der Waals surface area contributed by atoms with E-state index in [2.05, 4.69) is 10.2 Å². The maximum absolute atomic E-state index is 12.2. The molecule has 6 heteroatoms. The lowest BCUT2D eigenvalue weighted by atomic mass is 9.82. The van der Waals surface area contributed by atoms with E-state index < -0.39 is 0 Å². The molecular formula is C17H24N2O4. The second-order valence-corrected chi connectivity index (χ2v) is 6.49. The van der Waals surface area contributed by atoms with Crippen LogP contribution in [0, 0.1) is 11.3 Å². The summed E-state index contributed by atoms with van der Waals surface area (Å²) < 4.78 is 10.8. The van der Waals surface area contributed by atoms with Crippen LogP contribution in [-0.4, -0.2) is 62.5 Å². The Morgan fingerprint density at radius 3 is 3.09 bits per heavy atom. The first kappa shape index (κ1) is 16.2. The van der Waals surface area contributed by atoms with Crippen molar-refractivity contribution in [3.05, 3.63) is 29.8 Å². The average Bonchev–Trinajstić information content (AvgIpc) is 3.10. The molecular weight excluding hydrogens is 296 g/mol. The summed E-state index contributed by atoms with van der Waals surface area (Å²) in [7, 11) is 1.63. The molecule has 126 valence electrons. The van der Waals surface area contributed by atoms with Gasteiger partial charge in [0.05, 0.1) is 33.5 Å². The van der Waals surface area contributed by atoms with Crippen LogP contribution in [0.2, 0.25) is 0 Å². The minimum absolute atomic E-state index is 0.00936. The molecule has 1 amide bonds. The molecule has 2 heterocycles. The van der Waals surface area contributed by atoms with Gasteiger partial charge in [-0.1, -0.05) is 18.2 Å². The zero-order valence-corrected chi connectivity index (χ0v) is 13.5. The van der Waals surface area contributed by atoms with Gasteiger partial charge < -0.3 is 19.9 Å². The Hall–Kier alpha value is -1.63. The Labute approximate surface area is 136 Å². The number of methoxy groups -OCH3 is 1. The van der Waals surface area contributed by atoms with Crippen molar-refractivity contribution in [3.63, 3.8) is 0 Å². The van der Waals surface area contributed by atoms with Gasteiger partial charge in [0, 0.05) is 36.5 Å². The number of rotatable bonds is 6. The summed E-state index contributed by atoms with van der Waals surface area (Å²) in [6, 6.07) is 7.66. The molecule has 2 aliphatic heterocycles. The summed E-state index contributed by atoms with van der Waals surface area (Å²) in [6.45, 7) is 3.73. The lowest BCUT2D eigenvalue weighted by Crippen LogP contribution is -2.39. The minimum Gasteiger partial charge on any atom is -0.496 e. The number of carbonyl (C=O) groups is 1. The fourth-order valence-corrected chi connectivity index (χ4v) is 3.59. The third-order valence-corrected chi connectivity index (χ3v) is 4.94. The fourth-order valence-electron chi connectivity index (χ4n) is 3.59. The van der Waals surface area contributed by atoms with Gasteiger partial charge in [-0.3, -0.25) is 9.69 Å². The Morgan fingerprint density at radius 1 is 1.52 bits per heavy atom. The summed E-state index contributed by atoms with van der Waals surface area (Å²) in [5.41, 5.74) is 0.782. The van der Waals surface area contributed by atoms with E-state index in [1.54, 1.807) is 7.11 Å². The van der Waals surface area contributed by atoms with Crippen molar-refractivity contribution in [3.8, 4) is 5.75 Å². The van der Waals surface area contributed by atoms with E-state index in [9.17, 15) is 9.90 Å². The Balaban J connectivity index is 1.51. The van der Waals surface area contributed by atoms with Crippen molar-refractivity contribution in [2.24, 2.45) is 11.3 Å². The van der Waals surface area contributed by atoms with Gasteiger partial charge in [-0.2, -0.15) is 0 Å². The number of nitrogens with zero attached hydrogens (tertiary/aromatic N) is 1. The van der Waals surface area contributed by atoms with Crippen molar-refractivity contribution in [2.45, 2.75) is 6.54 Å². The Kier molecular flexibility index (Phi) is 4.84. The summed E-state index contributed by atoms with van der Waals surface area (Å²) in [5, 5.41) is 12.6. The predicted molar refractivity (Wildman–Crippen MR) is 85.1 cm³/mol. The van der Waals surface area contributed by atoms with Crippen molar-refractivity contribution in [1.29, 1.82) is 0 Å². The molecule has 0 spiro atoms. The quantitative estimate of drug-likeness (QED) is 0.786. The summed E-state index contributed by atoms with van der Waals surface area (Å²) >= 11 is 0. The number of ether oxygens (including phenoxy) is 2. The minimum atomic E-state index is -0.178. The van der Waals surface area contributed by atoms with Gasteiger partial charge in [0.1, 0.15) is 5.75 Å². The second-order valence-electron chi connectivity index (χ2n) is 6.49. The number of fused-ring (bicyclic) bond motifs is 1. The average molecular weight is 320 g/mol. The highest BCUT2D eigenvalue weighted by Crippen LogP contribution is 2.40. The number of para-hydroxylation sites is 1. The van der Waals surface area contributed by atoms with Crippen LogP contribution in [0.25, 0.3) is 0 Å². The van der Waals surface area contributed by atoms with Gasteiger partial charge in [-0.15, -0.1) is 0 Å². The highest BCUT2D eigenvalue weighted by Gasteiger charge is 2.50. The van der Waals surface area contributed by atoms with Gasteiger partial charge in [-0.05, 0) is 6.07 Å². The fraction of sp³-hybridized carbons (Fsp3) is 0.588. The van der Waals surface area contributed by atoms with E-state index in [0.717, 1.165) is 24.4 Å². The highest BCUT2D eigenvalue weighted by molar-refractivity contribution is 5.78. The standard InChI is InChI=1S/C17H24N2O4/c1-22-15-5-3-2-4-13(15)6-18-16(21)8-19-7-14-9-23-12-17(14,10-19)11-20/h2-5,14,20H,6-12H2,1H3,(H,18,21)/t14-,17-/m0/s1. The number of aliphatic hydroxyl groups is 1. The molecule has 0 unspecified atom stereocenters. The molecule has 2 atom stereocenters. The predicted octanol–water partition coefficient (Wildman–Crippen LogP) is 0.252. The molecule has 2 N–H and O–H groups in total. The van der Waals surface area contributed by atoms with Crippen LogP contribution in [-0.2, 0) is 16.1 Å². The Bertz CT molecular complexity index is 565.